The van der Waals surface area contributed by atoms with E-state index >= 15 is 0 Å². The first-order valence-corrected chi connectivity index (χ1v) is 11.4. The summed E-state index contributed by atoms with van der Waals surface area (Å²) in [6.07, 6.45) is 2.03. The molecule has 196 valence electrons. The van der Waals surface area contributed by atoms with Crippen molar-refractivity contribution in [2.45, 2.75) is 31.8 Å². The number of aliphatic carboxylic acids is 1. The van der Waals surface area contributed by atoms with Crippen LogP contribution in [0.15, 0.2) is 35.3 Å². The van der Waals surface area contributed by atoms with Crippen molar-refractivity contribution in [3.8, 4) is 0 Å². The van der Waals surface area contributed by atoms with Gasteiger partial charge in [0, 0.05) is 37.9 Å². The fraction of sp³-hybridized carbons (Fsp3) is 0.348. The number of methoxy groups -OCH3 is 1. The molecule has 0 saturated heterocycles. The number of carboxylic acids is 1. The van der Waals surface area contributed by atoms with Gasteiger partial charge in [-0.2, -0.15) is 4.98 Å². The van der Waals surface area contributed by atoms with Gasteiger partial charge in [0.25, 0.3) is 11.5 Å². The van der Waals surface area contributed by atoms with Crippen LogP contribution in [0.3, 0.4) is 0 Å². The van der Waals surface area contributed by atoms with Crippen molar-refractivity contribution in [2.75, 3.05) is 31.3 Å². The molecule has 0 spiro atoms. The van der Waals surface area contributed by atoms with E-state index in [-0.39, 0.29) is 48.0 Å². The molecular formula is C23H28N8O6. The van der Waals surface area contributed by atoms with Crippen LogP contribution in [0, 0.1) is 0 Å². The highest BCUT2D eigenvalue weighted by atomic mass is 16.5. The molecular weight excluding hydrogens is 484 g/mol. The second kappa shape index (κ2) is 12.9. The maximum absolute atomic E-state index is 12.5. The van der Waals surface area contributed by atoms with Gasteiger partial charge in [0.2, 0.25) is 11.9 Å². The Hall–Kier alpha value is -4.59. The standard InChI is InChI=1S/C23H28N8O6/c1-37-10-2-9-25-17(32)8-7-16(22(35)36)29-20(33)13-3-5-14(6-4-13)26-11-15-12-27-19-18(28-15)21(34)31-23(24)30-19/h3-6,12,16,26H,2,7-11H2,1H3,(H,25,32)(H,29,33)(H,35,36)(H3,24,27,30,31,34). The lowest BCUT2D eigenvalue weighted by Gasteiger charge is -2.15. The zero-order valence-electron chi connectivity index (χ0n) is 20.1. The smallest absolute Gasteiger partial charge is 0.326 e. The van der Waals surface area contributed by atoms with E-state index in [9.17, 15) is 24.3 Å². The number of rotatable bonds is 13. The van der Waals surface area contributed by atoms with Crippen LogP contribution >= 0.6 is 0 Å². The third-order valence-electron chi connectivity index (χ3n) is 5.22. The van der Waals surface area contributed by atoms with Gasteiger partial charge in [-0.25, -0.2) is 14.8 Å². The summed E-state index contributed by atoms with van der Waals surface area (Å²) < 4.78 is 4.90. The summed E-state index contributed by atoms with van der Waals surface area (Å²) in [5, 5.41) is 17.7. The van der Waals surface area contributed by atoms with Crippen LogP contribution in [0.1, 0.15) is 35.3 Å². The third-order valence-corrected chi connectivity index (χ3v) is 5.22. The number of nitrogen functional groups attached to an aromatic ring is 1. The quantitative estimate of drug-likeness (QED) is 0.168. The molecule has 2 amide bonds. The molecule has 2 aromatic heterocycles. The number of amides is 2. The Morgan fingerprint density at radius 3 is 2.65 bits per heavy atom. The molecule has 0 aliphatic rings. The van der Waals surface area contributed by atoms with E-state index in [0.717, 1.165) is 0 Å². The fourth-order valence-electron chi connectivity index (χ4n) is 3.30. The molecule has 2 heterocycles. The topological polar surface area (TPSA) is 214 Å². The lowest BCUT2D eigenvalue weighted by molar-refractivity contribution is -0.139. The van der Waals surface area contributed by atoms with E-state index in [1.54, 1.807) is 19.2 Å². The largest absolute Gasteiger partial charge is 0.480 e. The number of benzene rings is 1. The monoisotopic (exact) mass is 512 g/mol. The van der Waals surface area contributed by atoms with Gasteiger partial charge >= 0.3 is 5.97 Å². The van der Waals surface area contributed by atoms with Crippen LogP contribution in [0.5, 0.6) is 0 Å². The van der Waals surface area contributed by atoms with E-state index in [2.05, 4.69) is 35.9 Å². The van der Waals surface area contributed by atoms with Gasteiger partial charge in [-0.05, 0) is 37.1 Å². The second-order valence-electron chi connectivity index (χ2n) is 8.01. The van der Waals surface area contributed by atoms with Crippen molar-refractivity contribution in [3.05, 3.63) is 52.1 Å². The number of ether oxygens (including phenoxy) is 1. The molecule has 0 saturated carbocycles. The van der Waals surface area contributed by atoms with Crippen LogP contribution < -0.4 is 27.2 Å². The maximum Gasteiger partial charge on any atom is 0.326 e. The van der Waals surface area contributed by atoms with E-state index in [4.69, 9.17) is 10.5 Å². The molecule has 1 unspecified atom stereocenters. The van der Waals surface area contributed by atoms with Gasteiger partial charge in [-0.15, -0.1) is 0 Å². The summed E-state index contributed by atoms with van der Waals surface area (Å²) in [4.78, 5) is 62.6. The second-order valence-corrected chi connectivity index (χ2v) is 8.01. The highest BCUT2D eigenvalue weighted by Gasteiger charge is 2.21. The average molecular weight is 513 g/mol. The number of aromatic amines is 1. The van der Waals surface area contributed by atoms with Crippen molar-refractivity contribution in [1.82, 2.24) is 30.6 Å². The lowest BCUT2D eigenvalue weighted by Crippen LogP contribution is -2.41. The first-order valence-electron chi connectivity index (χ1n) is 11.4. The van der Waals surface area contributed by atoms with E-state index in [0.29, 0.717) is 31.0 Å². The predicted molar refractivity (Wildman–Crippen MR) is 134 cm³/mol. The number of nitrogens with two attached hydrogens (primary N) is 1. The van der Waals surface area contributed by atoms with Gasteiger partial charge in [0.15, 0.2) is 11.2 Å². The predicted octanol–water partition coefficient (Wildman–Crippen LogP) is 0.0233. The summed E-state index contributed by atoms with van der Waals surface area (Å²) in [5.74, 6) is -2.15. The molecule has 3 rings (SSSR count). The SMILES string of the molecule is COCCCNC(=O)CCC(NC(=O)c1ccc(NCc2cnc3nc(N)[nH]c(=O)c3n2)cc1)C(=O)O. The lowest BCUT2D eigenvalue weighted by atomic mass is 10.1. The van der Waals surface area contributed by atoms with Crippen molar-refractivity contribution in [1.29, 1.82) is 0 Å². The number of nitrogens with one attached hydrogen (secondary N) is 4. The van der Waals surface area contributed by atoms with Crippen molar-refractivity contribution in [3.63, 3.8) is 0 Å². The highest BCUT2D eigenvalue weighted by Crippen LogP contribution is 2.12. The molecule has 14 heteroatoms. The van der Waals surface area contributed by atoms with Gasteiger partial charge in [-0.1, -0.05) is 0 Å². The molecule has 0 aliphatic heterocycles. The summed E-state index contributed by atoms with van der Waals surface area (Å²) in [6, 6.07) is 5.13. The van der Waals surface area contributed by atoms with Gasteiger partial charge in [0.05, 0.1) is 18.4 Å². The Balaban J connectivity index is 1.52. The normalized spacial score (nSPS) is 11.6. The minimum atomic E-state index is -1.23. The summed E-state index contributed by atoms with van der Waals surface area (Å²) >= 11 is 0. The Kier molecular flexibility index (Phi) is 9.43. The number of aromatic nitrogens is 4. The van der Waals surface area contributed by atoms with Crippen molar-refractivity contribution < 1.29 is 24.2 Å². The van der Waals surface area contributed by atoms with Gasteiger partial charge in [-0.3, -0.25) is 19.4 Å². The number of anilines is 2. The minimum absolute atomic E-state index is 0.0416. The van der Waals surface area contributed by atoms with Crippen molar-refractivity contribution in [2.24, 2.45) is 0 Å². The Bertz CT molecular complexity index is 1310. The molecule has 1 atom stereocenters. The molecule has 1 aromatic carbocycles. The summed E-state index contributed by atoms with van der Waals surface area (Å²) in [7, 11) is 1.56. The molecule has 0 radical (unpaired) electrons. The maximum atomic E-state index is 12.5. The summed E-state index contributed by atoms with van der Waals surface area (Å²) in [5.41, 5.74) is 6.61. The third kappa shape index (κ3) is 7.96. The average Bonchev–Trinajstić information content (AvgIpc) is 2.88. The molecule has 0 bridgehead atoms. The van der Waals surface area contributed by atoms with Crippen LogP contribution in [0.4, 0.5) is 11.6 Å². The zero-order valence-corrected chi connectivity index (χ0v) is 20.1. The minimum Gasteiger partial charge on any atom is -0.480 e. The van der Waals surface area contributed by atoms with Crippen LogP contribution in [0.2, 0.25) is 0 Å². The zero-order chi connectivity index (χ0) is 26.8. The number of carbonyl (C=O) groups is 3. The molecule has 7 N–H and O–H groups in total. The number of nitrogens with zero attached hydrogens (tertiary/aromatic N) is 3. The number of carbonyl (C=O) groups excluding carboxylic acids is 2. The number of hydrogen-bond acceptors (Lipinski definition) is 10. The fourth-order valence-corrected chi connectivity index (χ4v) is 3.30. The Morgan fingerprint density at radius 2 is 1.95 bits per heavy atom. The Morgan fingerprint density at radius 1 is 1.19 bits per heavy atom. The summed E-state index contributed by atoms with van der Waals surface area (Å²) in [6.45, 7) is 1.18. The van der Waals surface area contributed by atoms with Crippen LogP contribution in [-0.2, 0) is 20.9 Å². The first-order chi connectivity index (χ1) is 17.8. The molecule has 0 aliphatic carbocycles. The highest BCUT2D eigenvalue weighted by molar-refractivity contribution is 5.97. The molecule has 0 fully saturated rings. The molecule has 3 aromatic rings. The first kappa shape index (κ1) is 27.0. The molecule has 14 nitrogen and oxygen atoms in total. The van der Waals surface area contributed by atoms with Crippen LogP contribution in [0.25, 0.3) is 11.2 Å². The van der Waals surface area contributed by atoms with E-state index in [1.807, 2.05) is 0 Å². The van der Waals surface area contributed by atoms with Gasteiger partial charge in [0.1, 0.15) is 6.04 Å². The number of carboxylic acid groups (broad SMARTS) is 1. The number of fused-ring (bicyclic) bond motifs is 1. The number of hydrogen-bond donors (Lipinski definition) is 6. The van der Waals surface area contributed by atoms with Crippen molar-refractivity contribution >= 4 is 40.6 Å². The van der Waals surface area contributed by atoms with E-state index in [1.165, 1.54) is 18.3 Å². The van der Waals surface area contributed by atoms with Gasteiger partial charge < -0.3 is 31.5 Å². The number of H-pyrrole nitrogens is 1. The Labute approximate surface area is 211 Å². The van der Waals surface area contributed by atoms with Crippen LogP contribution in [-0.4, -0.2) is 69.1 Å². The van der Waals surface area contributed by atoms with E-state index < -0.39 is 23.5 Å². The molecule has 37 heavy (non-hydrogen) atoms.